The van der Waals surface area contributed by atoms with Gasteiger partial charge in [0, 0.05) is 23.2 Å². The largest absolute Gasteiger partial charge is 0.309 e. The van der Waals surface area contributed by atoms with Gasteiger partial charge in [-0.2, -0.15) is 0 Å². The molecule has 0 saturated carbocycles. The first-order chi connectivity index (χ1) is 10.2. The fraction of sp³-hybridized carbons (Fsp3) is 0.368. The quantitative estimate of drug-likeness (QED) is 0.634. The smallest absolute Gasteiger partial charge is 0.0378 e. The van der Waals surface area contributed by atoms with Gasteiger partial charge in [0.15, 0.2) is 0 Å². The number of benzene rings is 2. The Kier molecular flexibility index (Phi) is 4.37. The summed E-state index contributed by atoms with van der Waals surface area (Å²) in [6, 6.07) is 20.0. The van der Waals surface area contributed by atoms with Crippen LogP contribution in [0.1, 0.15) is 31.0 Å². The zero-order valence-electron chi connectivity index (χ0n) is 12.8. The van der Waals surface area contributed by atoms with Crippen LogP contribution in [0.5, 0.6) is 0 Å². The Hall–Kier alpha value is -1.25. The normalized spacial score (nSPS) is 19.4. The van der Waals surface area contributed by atoms with Crippen molar-refractivity contribution in [1.82, 2.24) is 5.32 Å². The SMILES string of the molecule is CC1(C)Cc2ccccc2C1NCCSc1ccccc1. The molecule has 1 unspecified atom stereocenters. The standard InChI is InChI=1S/C19H23NS/c1-19(2)14-15-8-6-7-11-17(15)18(19)20-12-13-21-16-9-4-3-5-10-16/h3-11,18,20H,12-14H2,1-2H3. The second-order valence-corrected chi connectivity index (χ2v) is 7.58. The zero-order valence-corrected chi connectivity index (χ0v) is 13.6. The van der Waals surface area contributed by atoms with E-state index >= 15 is 0 Å². The van der Waals surface area contributed by atoms with Gasteiger partial charge in [0.05, 0.1) is 0 Å². The van der Waals surface area contributed by atoms with Crippen LogP contribution in [-0.4, -0.2) is 12.3 Å². The van der Waals surface area contributed by atoms with Crippen LogP contribution >= 0.6 is 11.8 Å². The Labute approximate surface area is 132 Å². The second-order valence-electron chi connectivity index (χ2n) is 6.41. The molecule has 0 aliphatic heterocycles. The summed E-state index contributed by atoms with van der Waals surface area (Å²) in [6.07, 6.45) is 1.17. The molecule has 21 heavy (non-hydrogen) atoms. The molecule has 1 aliphatic rings. The third kappa shape index (κ3) is 3.33. The molecule has 1 atom stereocenters. The molecule has 2 heteroatoms. The summed E-state index contributed by atoms with van der Waals surface area (Å²) in [5.74, 6) is 1.11. The summed E-state index contributed by atoms with van der Waals surface area (Å²) in [4.78, 5) is 1.35. The van der Waals surface area contributed by atoms with Gasteiger partial charge in [-0.3, -0.25) is 0 Å². The third-order valence-corrected chi connectivity index (χ3v) is 5.27. The van der Waals surface area contributed by atoms with Crippen LogP contribution in [0.15, 0.2) is 59.5 Å². The van der Waals surface area contributed by atoms with Gasteiger partial charge in [-0.1, -0.05) is 56.3 Å². The van der Waals surface area contributed by atoms with E-state index in [0.29, 0.717) is 11.5 Å². The highest BCUT2D eigenvalue weighted by atomic mass is 32.2. The van der Waals surface area contributed by atoms with Crippen LogP contribution in [0.4, 0.5) is 0 Å². The van der Waals surface area contributed by atoms with E-state index in [9.17, 15) is 0 Å². The van der Waals surface area contributed by atoms with E-state index in [1.165, 1.54) is 22.4 Å². The predicted octanol–water partition coefficient (Wildman–Crippen LogP) is 4.69. The number of rotatable bonds is 5. The molecule has 0 saturated heterocycles. The molecule has 1 aliphatic carbocycles. The molecule has 0 spiro atoms. The second kappa shape index (κ2) is 6.25. The summed E-state index contributed by atoms with van der Waals surface area (Å²) in [6.45, 7) is 5.78. The Morgan fingerprint density at radius 2 is 1.76 bits per heavy atom. The number of hydrogen-bond acceptors (Lipinski definition) is 2. The van der Waals surface area contributed by atoms with Crippen molar-refractivity contribution in [3.63, 3.8) is 0 Å². The number of hydrogen-bond donors (Lipinski definition) is 1. The van der Waals surface area contributed by atoms with Crippen LogP contribution in [0, 0.1) is 5.41 Å². The van der Waals surface area contributed by atoms with E-state index in [-0.39, 0.29) is 0 Å². The molecule has 1 N–H and O–H groups in total. The Morgan fingerprint density at radius 1 is 1.05 bits per heavy atom. The van der Waals surface area contributed by atoms with E-state index in [4.69, 9.17) is 0 Å². The summed E-state index contributed by atoms with van der Waals surface area (Å²) >= 11 is 1.92. The minimum absolute atomic E-state index is 0.307. The van der Waals surface area contributed by atoms with Gasteiger partial charge in [0.1, 0.15) is 0 Å². The lowest BCUT2D eigenvalue weighted by Gasteiger charge is -2.28. The summed E-state index contributed by atoms with van der Waals surface area (Å²) < 4.78 is 0. The van der Waals surface area contributed by atoms with Crippen molar-refractivity contribution in [1.29, 1.82) is 0 Å². The zero-order chi connectivity index (χ0) is 14.7. The highest BCUT2D eigenvalue weighted by Gasteiger charge is 2.37. The van der Waals surface area contributed by atoms with Crippen molar-refractivity contribution in [2.24, 2.45) is 5.41 Å². The van der Waals surface area contributed by atoms with Crippen molar-refractivity contribution < 1.29 is 0 Å². The lowest BCUT2D eigenvalue weighted by atomic mass is 9.85. The van der Waals surface area contributed by atoms with Crippen molar-refractivity contribution in [3.05, 3.63) is 65.7 Å². The van der Waals surface area contributed by atoms with Gasteiger partial charge >= 0.3 is 0 Å². The highest BCUT2D eigenvalue weighted by Crippen LogP contribution is 2.44. The van der Waals surface area contributed by atoms with E-state index in [0.717, 1.165) is 12.3 Å². The number of thioether (sulfide) groups is 1. The van der Waals surface area contributed by atoms with Gasteiger partial charge in [-0.15, -0.1) is 11.8 Å². The minimum atomic E-state index is 0.307. The average Bonchev–Trinajstić information content (AvgIpc) is 2.75. The molecule has 0 heterocycles. The van der Waals surface area contributed by atoms with E-state index in [1.807, 2.05) is 11.8 Å². The first-order valence-electron chi connectivity index (χ1n) is 7.66. The van der Waals surface area contributed by atoms with Gasteiger partial charge in [-0.05, 0) is 35.1 Å². The highest BCUT2D eigenvalue weighted by molar-refractivity contribution is 7.99. The van der Waals surface area contributed by atoms with Crippen molar-refractivity contribution in [2.75, 3.05) is 12.3 Å². The first-order valence-corrected chi connectivity index (χ1v) is 8.64. The molecule has 0 bridgehead atoms. The van der Waals surface area contributed by atoms with Crippen LogP contribution < -0.4 is 5.32 Å². The Bertz CT molecular complexity index is 592. The molecular formula is C19H23NS. The molecule has 0 fully saturated rings. The first kappa shape index (κ1) is 14.7. The van der Waals surface area contributed by atoms with Gasteiger partial charge in [0.2, 0.25) is 0 Å². The maximum atomic E-state index is 3.78. The predicted molar refractivity (Wildman–Crippen MR) is 91.8 cm³/mol. The number of fused-ring (bicyclic) bond motifs is 1. The van der Waals surface area contributed by atoms with Crippen LogP contribution in [-0.2, 0) is 6.42 Å². The molecule has 2 aromatic rings. The van der Waals surface area contributed by atoms with Crippen LogP contribution in [0.2, 0.25) is 0 Å². The lowest BCUT2D eigenvalue weighted by molar-refractivity contribution is 0.274. The fourth-order valence-electron chi connectivity index (χ4n) is 3.27. The lowest BCUT2D eigenvalue weighted by Crippen LogP contribution is -2.32. The van der Waals surface area contributed by atoms with Gasteiger partial charge in [0.25, 0.3) is 0 Å². The van der Waals surface area contributed by atoms with Crippen molar-refractivity contribution >= 4 is 11.8 Å². The monoisotopic (exact) mass is 297 g/mol. The van der Waals surface area contributed by atoms with Gasteiger partial charge in [-0.25, -0.2) is 0 Å². The molecule has 0 radical (unpaired) electrons. The van der Waals surface area contributed by atoms with Crippen LogP contribution in [0.3, 0.4) is 0 Å². The number of nitrogens with one attached hydrogen (secondary N) is 1. The molecule has 0 amide bonds. The van der Waals surface area contributed by atoms with E-state index in [2.05, 4.69) is 73.8 Å². The molecule has 3 rings (SSSR count). The van der Waals surface area contributed by atoms with E-state index < -0.39 is 0 Å². The van der Waals surface area contributed by atoms with Crippen molar-refractivity contribution in [2.45, 2.75) is 31.2 Å². The van der Waals surface area contributed by atoms with E-state index in [1.54, 1.807) is 0 Å². The third-order valence-electron chi connectivity index (χ3n) is 4.26. The molecule has 110 valence electrons. The Morgan fingerprint density at radius 3 is 2.57 bits per heavy atom. The van der Waals surface area contributed by atoms with Crippen molar-refractivity contribution in [3.8, 4) is 0 Å². The molecule has 2 aromatic carbocycles. The van der Waals surface area contributed by atoms with Crippen LogP contribution in [0.25, 0.3) is 0 Å². The molecule has 0 aromatic heterocycles. The summed E-state index contributed by atoms with van der Waals surface area (Å²) in [5.41, 5.74) is 3.31. The fourth-order valence-corrected chi connectivity index (χ4v) is 4.07. The molecular weight excluding hydrogens is 274 g/mol. The molecule has 1 nitrogen and oxygen atoms in total. The topological polar surface area (TPSA) is 12.0 Å². The average molecular weight is 297 g/mol. The van der Waals surface area contributed by atoms with Gasteiger partial charge < -0.3 is 5.32 Å². The minimum Gasteiger partial charge on any atom is -0.309 e. The summed E-state index contributed by atoms with van der Waals surface area (Å²) in [5, 5.41) is 3.78. The summed E-state index contributed by atoms with van der Waals surface area (Å²) in [7, 11) is 0. The Balaban J connectivity index is 1.57. The maximum absolute atomic E-state index is 3.78. The maximum Gasteiger partial charge on any atom is 0.0378 e.